The smallest absolute Gasteiger partial charge is 0.193 e. The number of hydrogen-bond acceptors (Lipinski definition) is 4. The average molecular weight is 331 g/mol. The SMILES string of the molecule is CCNC(=NCC(O)c1ccco1)N(C)CCOc1ccccc1. The number of aliphatic hydroxyl groups excluding tert-OH is 1. The summed E-state index contributed by atoms with van der Waals surface area (Å²) in [6.45, 7) is 4.22. The number of aliphatic hydroxyl groups is 1. The van der Waals surface area contributed by atoms with Crippen LogP contribution in [0.3, 0.4) is 0 Å². The molecule has 0 saturated carbocycles. The van der Waals surface area contributed by atoms with E-state index in [1.807, 2.05) is 49.2 Å². The van der Waals surface area contributed by atoms with Gasteiger partial charge in [-0.05, 0) is 31.2 Å². The van der Waals surface area contributed by atoms with Gasteiger partial charge in [0.2, 0.25) is 0 Å². The Labute approximate surface area is 142 Å². The monoisotopic (exact) mass is 331 g/mol. The number of nitrogens with one attached hydrogen (secondary N) is 1. The zero-order valence-electron chi connectivity index (χ0n) is 14.2. The van der Waals surface area contributed by atoms with Crippen LogP contribution in [0.4, 0.5) is 0 Å². The lowest BCUT2D eigenvalue weighted by molar-refractivity contribution is 0.158. The van der Waals surface area contributed by atoms with Crippen molar-refractivity contribution in [3.05, 3.63) is 54.5 Å². The van der Waals surface area contributed by atoms with Crippen LogP contribution in [0.1, 0.15) is 18.8 Å². The van der Waals surface area contributed by atoms with Crippen LogP contribution in [-0.2, 0) is 0 Å². The maximum atomic E-state index is 10.1. The highest BCUT2D eigenvalue weighted by atomic mass is 16.5. The summed E-state index contributed by atoms with van der Waals surface area (Å²) in [4.78, 5) is 6.43. The molecule has 1 aromatic carbocycles. The largest absolute Gasteiger partial charge is 0.492 e. The van der Waals surface area contributed by atoms with E-state index in [-0.39, 0.29) is 6.54 Å². The number of likely N-dealkylation sites (N-methyl/N-ethyl adjacent to an activating group) is 1. The maximum Gasteiger partial charge on any atom is 0.193 e. The maximum absolute atomic E-state index is 10.1. The van der Waals surface area contributed by atoms with Crippen LogP contribution in [0, 0.1) is 0 Å². The lowest BCUT2D eigenvalue weighted by Crippen LogP contribution is -2.41. The summed E-state index contributed by atoms with van der Waals surface area (Å²) in [5.74, 6) is 2.09. The molecule has 2 rings (SSSR count). The average Bonchev–Trinajstić information content (AvgIpc) is 3.14. The molecule has 1 heterocycles. The molecule has 0 aliphatic carbocycles. The first-order valence-corrected chi connectivity index (χ1v) is 8.09. The second-order valence-corrected chi connectivity index (χ2v) is 5.31. The number of hydrogen-bond donors (Lipinski definition) is 2. The quantitative estimate of drug-likeness (QED) is 0.574. The van der Waals surface area contributed by atoms with Gasteiger partial charge in [-0.15, -0.1) is 0 Å². The Morgan fingerprint density at radius 3 is 2.75 bits per heavy atom. The summed E-state index contributed by atoms with van der Waals surface area (Å²) >= 11 is 0. The van der Waals surface area contributed by atoms with Gasteiger partial charge >= 0.3 is 0 Å². The number of furan rings is 1. The van der Waals surface area contributed by atoms with E-state index in [0.29, 0.717) is 18.9 Å². The summed E-state index contributed by atoms with van der Waals surface area (Å²) in [5.41, 5.74) is 0. The molecule has 1 aromatic heterocycles. The van der Waals surface area contributed by atoms with Crippen LogP contribution in [-0.4, -0.2) is 49.3 Å². The van der Waals surface area contributed by atoms with E-state index in [4.69, 9.17) is 9.15 Å². The molecule has 6 heteroatoms. The van der Waals surface area contributed by atoms with Crippen molar-refractivity contribution in [2.45, 2.75) is 13.0 Å². The van der Waals surface area contributed by atoms with E-state index in [0.717, 1.165) is 18.3 Å². The van der Waals surface area contributed by atoms with Gasteiger partial charge in [-0.2, -0.15) is 0 Å². The van der Waals surface area contributed by atoms with Crippen molar-refractivity contribution >= 4 is 5.96 Å². The van der Waals surface area contributed by atoms with Gasteiger partial charge < -0.3 is 24.5 Å². The van der Waals surface area contributed by atoms with Crippen LogP contribution in [0.2, 0.25) is 0 Å². The van der Waals surface area contributed by atoms with Crippen molar-refractivity contribution < 1.29 is 14.3 Å². The molecule has 24 heavy (non-hydrogen) atoms. The molecule has 2 aromatic rings. The van der Waals surface area contributed by atoms with Crippen LogP contribution in [0.15, 0.2) is 58.1 Å². The van der Waals surface area contributed by atoms with Crippen molar-refractivity contribution in [1.82, 2.24) is 10.2 Å². The Kier molecular flexibility index (Phi) is 7.17. The third kappa shape index (κ3) is 5.62. The molecule has 1 unspecified atom stereocenters. The van der Waals surface area contributed by atoms with Crippen LogP contribution >= 0.6 is 0 Å². The van der Waals surface area contributed by atoms with Crippen molar-refractivity contribution in [2.75, 3.05) is 33.3 Å². The molecule has 0 radical (unpaired) electrons. The van der Waals surface area contributed by atoms with Crippen LogP contribution in [0.5, 0.6) is 5.75 Å². The molecule has 1 atom stereocenters. The first-order chi connectivity index (χ1) is 11.7. The number of aliphatic imine (C=N–C) groups is 1. The van der Waals surface area contributed by atoms with Crippen molar-refractivity contribution in [1.29, 1.82) is 0 Å². The number of rotatable bonds is 8. The van der Waals surface area contributed by atoms with E-state index in [2.05, 4.69) is 10.3 Å². The van der Waals surface area contributed by atoms with Gasteiger partial charge in [-0.1, -0.05) is 18.2 Å². The van der Waals surface area contributed by atoms with E-state index in [9.17, 15) is 5.11 Å². The summed E-state index contributed by atoms with van der Waals surface area (Å²) in [5, 5.41) is 13.3. The van der Waals surface area contributed by atoms with Gasteiger partial charge in [0.1, 0.15) is 24.2 Å². The zero-order chi connectivity index (χ0) is 17.2. The molecule has 0 aliphatic heterocycles. The molecule has 130 valence electrons. The standard InChI is InChI=1S/C18H25N3O3/c1-3-19-18(20-14-16(22)17-10-7-12-24-17)21(2)11-13-23-15-8-5-4-6-9-15/h4-10,12,16,22H,3,11,13-14H2,1-2H3,(H,19,20). The fourth-order valence-corrected chi connectivity index (χ4v) is 2.14. The molecule has 0 bridgehead atoms. The fraction of sp³-hybridized carbons (Fsp3) is 0.389. The third-order valence-electron chi connectivity index (χ3n) is 3.42. The third-order valence-corrected chi connectivity index (χ3v) is 3.42. The minimum absolute atomic E-state index is 0.236. The fourth-order valence-electron chi connectivity index (χ4n) is 2.14. The van der Waals surface area contributed by atoms with Gasteiger partial charge in [0, 0.05) is 13.6 Å². The molecular formula is C18H25N3O3. The van der Waals surface area contributed by atoms with Gasteiger partial charge in [0.05, 0.1) is 19.4 Å². The lowest BCUT2D eigenvalue weighted by atomic mass is 10.3. The Morgan fingerprint density at radius 1 is 1.29 bits per heavy atom. The van der Waals surface area contributed by atoms with Crippen LogP contribution in [0.25, 0.3) is 0 Å². The van der Waals surface area contributed by atoms with E-state index >= 15 is 0 Å². The predicted molar refractivity (Wildman–Crippen MR) is 94.2 cm³/mol. The minimum atomic E-state index is -0.748. The molecule has 0 aliphatic rings. The van der Waals surface area contributed by atoms with Crippen molar-refractivity contribution in [2.24, 2.45) is 4.99 Å². The summed E-state index contributed by atoms with van der Waals surface area (Å²) < 4.78 is 10.9. The number of ether oxygens (including phenoxy) is 1. The Balaban J connectivity index is 1.84. The number of guanidine groups is 1. The number of nitrogens with zero attached hydrogens (tertiary/aromatic N) is 2. The Bertz CT molecular complexity index is 599. The molecular weight excluding hydrogens is 306 g/mol. The first-order valence-electron chi connectivity index (χ1n) is 8.09. The highest BCUT2D eigenvalue weighted by molar-refractivity contribution is 5.79. The van der Waals surface area contributed by atoms with Gasteiger partial charge in [-0.25, -0.2) is 4.99 Å². The van der Waals surface area contributed by atoms with Gasteiger partial charge in [-0.3, -0.25) is 0 Å². The lowest BCUT2D eigenvalue weighted by Gasteiger charge is -2.22. The second-order valence-electron chi connectivity index (χ2n) is 5.31. The molecule has 0 saturated heterocycles. The van der Waals surface area contributed by atoms with E-state index in [1.54, 1.807) is 18.4 Å². The van der Waals surface area contributed by atoms with Crippen molar-refractivity contribution in [3.8, 4) is 5.75 Å². The van der Waals surface area contributed by atoms with Gasteiger partial charge in [0.25, 0.3) is 0 Å². The Hall–Kier alpha value is -2.47. The minimum Gasteiger partial charge on any atom is -0.492 e. The molecule has 6 nitrogen and oxygen atoms in total. The Morgan fingerprint density at radius 2 is 2.08 bits per heavy atom. The van der Waals surface area contributed by atoms with E-state index in [1.165, 1.54) is 0 Å². The first kappa shape index (κ1) is 17.9. The van der Waals surface area contributed by atoms with E-state index < -0.39 is 6.10 Å². The number of benzene rings is 1. The molecule has 0 amide bonds. The summed E-state index contributed by atoms with van der Waals surface area (Å²) in [6, 6.07) is 13.2. The topological polar surface area (TPSA) is 70.2 Å². The summed E-state index contributed by atoms with van der Waals surface area (Å²) in [7, 11) is 1.94. The highest BCUT2D eigenvalue weighted by Gasteiger charge is 2.11. The zero-order valence-corrected chi connectivity index (χ0v) is 14.2. The summed E-state index contributed by atoms with van der Waals surface area (Å²) in [6.07, 6.45) is 0.795. The molecule has 0 fully saturated rings. The van der Waals surface area contributed by atoms with Crippen molar-refractivity contribution in [3.63, 3.8) is 0 Å². The highest BCUT2D eigenvalue weighted by Crippen LogP contribution is 2.13. The second kappa shape index (κ2) is 9.62. The predicted octanol–water partition coefficient (Wildman–Crippen LogP) is 2.29. The van der Waals surface area contributed by atoms with Gasteiger partial charge in [0.15, 0.2) is 5.96 Å². The van der Waals surface area contributed by atoms with Crippen LogP contribution < -0.4 is 10.1 Å². The molecule has 0 spiro atoms. The number of para-hydroxylation sites is 1. The normalized spacial score (nSPS) is 12.7. The molecule has 2 N–H and O–H groups in total.